The molecule has 1 aliphatic carbocycles. The summed E-state index contributed by atoms with van der Waals surface area (Å²) in [4.78, 5) is 27.0. The SMILES string of the molecule is O=C(CCC(=O)N1CCN(S(=O)(=O)c2ccccc2)CC1)N[C@@H]1CCCc2ccccc21. The van der Waals surface area contributed by atoms with Crippen LogP contribution in [0.1, 0.15) is 42.9 Å². The van der Waals surface area contributed by atoms with E-state index < -0.39 is 10.0 Å². The van der Waals surface area contributed by atoms with Crippen molar-refractivity contribution in [1.29, 1.82) is 0 Å². The van der Waals surface area contributed by atoms with E-state index in [2.05, 4.69) is 17.4 Å². The smallest absolute Gasteiger partial charge is 0.243 e. The molecule has 32 heavy (non-hydrogen) atoms. The van der Waals surface area contributed by atoms with Gasteiger partial charge in [-0.15, -0.1) is 0 Å². The third-order valence-electron chi connectivity index (χ3n) is 6.24. The Bertz CT molecular complexity index is 1060. The largest absolute Gasteiger partial charge is 0.349 e. The molecule has 4 rings (SSSR count). The zero-order valence-electron chi connectivity index (χ0n) is 18.1. The molecular weight excluding hydrogens is 426 g/mol. The highest BCUT2D eigenvalue weighted by atomic mass is 32.2. The molecule has 2 aromatic carbocycles. The van der Waals surface area contributed by atoms with E-state index in [-0.39, 0.29) is 48.7 Å². The predicted molar refractivity (Wildman–Crippen MR) is 121 cm³/mol. The van der Waals surface area contributed by atoms with Gasteiger partial charge in [0.15, 0.2) is 0 Å². The normalized spacial score (nSPS) is 19.2. The van der Waals surface area contributed by atoms with Crippen LogP contribution >= 0.6 is 0 Å². The van der Waals surface area contributed by atoms with Gasteiger partial charge in [0.25, 0.3) is 0 Å². The summed E-state index contributed by atoms with van der Waals surface area (Å²) in [5, 5.41) is 3.08. The van der Waals surface area contributed by atoms with Crippen LogP contribution in [0.5, 0.6) is 0 Å². The van der Waals surface area contributed by atoms with Crippen molar-refractivity contribution in [1.82, 2.24) is 14.5 Å². The van der Waals surface area contributed by atoms with Gasteiger partial charge in [0.2, 0.25) is 21.8 Å². The summed E-state index contributed by atoms with van der Waals surface area (Å²) in [5.41, 5.74) is 2.46. The van der Waals surface area contributed by atoms with Crippen molar-refractivity contribution in [2.45, 2.75) is 43.0 Å². The minimum atomic E-state index is -3.55. The Morgan fingerprint density at radius 2 is 1.59 bits per heavy atom. The topological polar surface area (TPSA) is 86.8 Å². The molecule has 0 bridgehead atoms. The number of aryl methyl sites for hydroxylation is 1. The van der Waals surface area contributed by atoms with Crippen LogP contribution < -0.4 is 5.32 Å². The van der Waals surface area contributed by atoms with Gasteiger partial charge < -0.3 is 10.2 Å². The maximum absolute atomic E-state index is 12.7. The summed E-state index contributed by atoms with van der Waals surface area (Å²) >= 11 is 0. The van der Waals surface area contributed by atoms with E-state index in [9.17, 15) is 18.0 Å². The molecule has 1 heterocycles. The fourth-order valence-corrected chi connectivity index (χ4v) is 5.91. The number of rotatable bonds is 6. The second-order valence-electron chi connectivity index (χ2n) is 8.31. The lowest BCUT2D eigenvalue weighted by Gasteiger charge is -2.34. The molecule has 0 unspecified atom stereocenters. The summed E-state index contributed by atoms with van der Waals surface area (Å²) in [6, 6.07) is 16.5. The Hall–Kier alpha value is -2.71. The maximum Gasteiger partial charge on any atom is 0.243 e. The van der Waals surface area contributed by atoms with Gasteiger partial charge in [-0.25, -0.2) is 8.42 Å². The number of sulfonamides is 1. The highest BCUT2D eigenvalue weighted by molar-refractivity contribution is 7.89. The first-order chi connectivity index (χ1) is 15.4. The van der Waals surface area contributed by atoms with Crippen LogP contribution in [0, 0.1) is 0 Å². The molecule has 0 saturated carbocycles. The number of hydrogen-bond acceptors (Lipinski definition) is 4. The molecule has 0 aromatic heterocycles. The standard InChI is InChI=1S/C24H29N3O4S/c28-23(25-22-12-6-8-19-7-4-5-11-21(19)22)13-14-24(29)26-15-17-27(18-16-26)32(30,31)20-9-2-1-3-10-20/h1-5,7,9-11,22H,6,8,12-18H2,(H,25,28)/t22-/m1/s1. The monoisotopic (exact) mass is 455 g/mol. The van der Waals surface area contributed by atoms with Gasteiger partial charge in [0, 0.05) is 39.0 Å². The minimum absolute atomic E-state index is 0.00860. The number of hydrogen-bond donors (Lipinski definition) is 1. The van der Waals surface area contributed by atoms with E-state index in [1.54, 1.807) is 35.2 Å². The summed E-state index contributed by atoms with van der Waals surface area (Å²) in [5.74, 6) is -0.230. The molecule has 1 aliphatic heterocycles. The fourth-order valence-electron chi connectivity index (χ4n) is 4.47. The van der Waals surface area contributed by atoms with Crippen LogP contribution in [0.25, 0.3) is 0 Å². The predicted octanol–water partition coefficient (Wildman–Crippen LogP) is 2.49. The molecule has 2 amide bonds. The van der Waals surface area contributed by atoms with Crippen LogP contribution in [0.3, 0.4) is 0 Å². The third-order valence-corrected chi connectivity index (χ3v) is 8.16. The highest BCUT2D eigenvalue weighted by Gasteiger charge is 2.30. The van der Waals surface area contributed by atoms with Crippen molar-refractivity contribution in [3.63, 3.8) is 0 Å². The van der Waals surface area contributed by atoms with Crippen LogP contribution in [-0.2, 0) is 26.0 Å². The van der Waals surface area contributed by atoms with Gasteiger partial charge in [-0.3, -0.25) is 9.59 Å². The van der Waals surface area contributed by atoms with Gasteiger partial charge in [0.05, 0.1) is 10.9 Å². The van der Waals surface area contributed by atoms with E-state index in [1.807, 2.05) is 12.1 Å². The van der Waals surface area contributed by atoms with E-state index in [1.165, 1.54) is 15.4 Å². The number of amides is 2. The lowest BCUT2D eigenvalue weighted by atomic mass is 9.87. The van der Waals surface area contributed by atoms with Crippen molar-refractivity contribution < 1.29 is 18.0 Å². The van der Waals surface area contributed by atoms with Crippen molar-refractivity contribution in [3.8, 4) is 0 Å². The van der Waals surface area contributed by atoms with E-state index in [0.717, 1.165) is 19.3 Å². The minimum Gasteiger partial charge on any atom is -0.349 e. The zero-order valence-corrected chi connectivity index (χ0v) is 18.9. The zero-order chi connectivity index (χ0) is 22.6. The average Bonchev–Trinajstić information content (AvgIpc) is 2.83. The van der Waals surface area contributed by atoms with Gasteiger partial charge in [-0.2, -0.15) is 4.31 Å². The van der Waals surface area contributed by atoms with E-state index >= 15 is 0 Å². The Morgan fingerprint density at radius 3 is 2.34 bits per heavy atom. The molecule has 1 fully saturated rings. The summed E-state index contributed by atoms with van der Waals surface area (Å²) in [7, 11) is -3.55. The van der Waals surface area contributed by atoms with Crippen LogP contribution in [0.4, 0.5) is 0 Å². The van der Waals surface area contributed by atoms with E-state index in [4.69, 9.17) is 0 Å². The van der Waals surface area contributed by atoms with Gasteiger partial charge in [0.1, 0.15) is 0 Å². The number of benzene rings is 2. The van der Waals surface area contributed by atoms with E-state index in [0.29, 0.717) is 13.1 Å². The van der Waals surface area contributed by atoms with Crippen molar-refractivity contribution >= 4 is 21.8 Å². The molecule has 2 aromatic rings. The summed E-state index contributed by atoms with van der Waals surface area (Å²) < 4.78 is 26.9. The van der Waals surface area contributed by atoms with Crippen molar-refractivity contribution in [2.24, 2.45) is 0 Å². The molecule has 1 N–H and O–H groups in total. The molecule has 1 atom stereocenters. The van der Waals surface area contributed by atoms with Crippen molar-refractivity contribution in [2.75, 3.05) is 26.2 Å². The Labute approximate surface area is 189 Å². The number of fused-ring (bicyclic) bond motifs is 1. The summed E-state index contributed by atoms with van der Waals surface area (Å²) in [6.07, 6.45) is 3.25. The molecule has 2 aliphatic rings. The molecular formula is C24H29N3O4S. The number of carbonyl (C=O) groups excluding carboxylic acids is 2. The Morgan fingerprint density at radius 1 is 0.906 bits per heavy atom. The van der Waals surface area contributed by atoms with Gasteiger partial charge in [-0.05, 0) is 42.5 Å². The second-order valence-corrected chi connectivity index (χ2v) is 10.2. The number of carbonyl (C=O) groups is 2. The number of piperazine rings is 1. The maximum atomic E-state index is 12.7. The van der Waals surface area contributed by atoms with Gasteiger partial charge >= 0.3 is 0 Å². The first-order valence-corrected chi connectivity index (χ1v) is 12.6. The summed E-state index contributed by atoms with van der Waals surface area (Å²) in [6.45, 7) is 1.19. The first kappa shape index (κ1) is 22.5. The molecule has 8 heteroatoms. The lowest BCUT2D eigenvalue weighted by molar-refractivity contribution is -0.134. The Kier molecular flexibility index (Phi) is 6.91. The Balaban J connectivity index is 1.25. The highest BCUT2D eigenvalue weighted by Crippen LogP contribution is 2.29. The molecule has 0 spiro atoms. The molecule has 1 saturated heterocycles. The quantitative estimate of drug-likeness (QED) is 0.725. The number of nitrogens with zero attached hydrogens (tertiary/aromatic N) is 2. The number of nitrogens with one attached hydrogen (secondary N) is 1. The lowest BCUT2D eigenvalue weighted by Crippen LogP contribution is -2.50. The first-order valence-electron chi connectivity index (χ1n) is 11.2. The van der Waals surface area contributed by atoms with Crippen LogP contribution in [0.15, 0.2) is 59.5 Å². The van der Waals surface area contributed by atoms with Crippen LogP contribution in [-0.4, -0.2) is 55.6 Å². The second kappa shape index (κ2) is 9.83. The molecule has 0 radical (unpaired) electrons. The third kappa shape index (κ3) is 5.02. The average molecular weight is 456 g/mol. The fraction of sp³-hybridized carbons (Fsp3) is 0.417. The van der Waals surface area contributed by atoms with Crippen LogP contribution in [0.2, 0.25) is 0 Å². The van der Waals surface area contributed by atoms with Gasteiger partial charge in [-0.1, -0.05) is 42.5 Å². The molecule has 170 valence electrons. The van der Waals surface area contributed by atoms with Crippen molar-refractivity contribution in [3.05, 3.63) is 65.7 Å². The molecule has 7 nitrogen and oxygen atoms in total.